The van der Waals surface area contributed by atoms with Gasteiger partial charge < -0.3 is 14.2 Å². The summed E-state index contributed by atoms with van der Waals surface area (Å²) in [5, 5.41) is 0. The van der Waals surface area contributed by atoms with Crippen molar-refractivity contribution in [2.24, 2.45) is 0 Å². The monoisotopic (exact) mass is 240 g/mol. The predicted molar refractivity (Wildman–Crippen MR) is 66.2 cm³/mol. The molecule has 0 aliphatic rings. The molecule has 0 rings (SSSR count). The minimum atomic E-state index is -1.40. The molecular weight excluding hydrogens is 220 g/mol. The Kier molecular flexibility index (Phi) is 7.18. The highest BCUT2D eigenvalue weighted by Crippen LogP contribution is 2.21. The molecule has 0 N–H and O–H groups in total. The van der Waals surface area contributed by atoms with Crippen molar-refractivity contribution >= 4 is 5.97 Å². The second-order valence-corrected chi connectivity index (χ2v) is 3.41. The molecule has 0 amide bonds. The second-order valence-electron chi connectivity index (χ2n) is 3.41. The van der Waals surface area contributed by atoms with Gasteiger partial charge in [-0.05, 0) is 6.92 Å². The minimum Gasteiger partial charge on any atom is -0.404 e. The average molecular weight is 240 g/mol. The Bertz CT molecular complexity index is 282. The summed E-state index contributed by atoms with van der Waals surface area (Å²) in [6.45, 7) is 14.4. The molecule has 4 heteroatoms. The number of hydrogen-bond acceptors (Lipinski definition) is 4. The molecular formula is C13H20O4. The van der Waals surface area contributed by atoms with Crippen molar-refractivity contribution in [2.45, 2.75) is 26.2 Å². The van der Waals surface area contributed by atoms with Crippen LogP contribution < -0.4 is 0 Å². The van der Waals surface area contributed by atoms with E-state index in [9.17, 15) is 4.79 Å². The third-order valence-electron chi connectivity index (χ3n) is 1.87. The Labute approximate surface area is 103 Å². The van der Waals surface area contributed by atoms with Crippen molar-refractivity contribution in [2.75, 3.05) is 13.2 Å². The van der Waals surface area contributed by atoms with Crippen LogP contribution in [0.5, 0.6) is 0 Å². The van der Waals surface area contributed by atoms with Crippen LogP contribution >= 0.6 is 0 Å². The fourth-order valence-electron chi connectivity index (χ4n) is 0.977. The van der Waals surface area contributed by atoms with E-state index >= 15 is 0 Å². The SMILES string of the molecule is C=CCOC(CC)(OCC=C)OC(=O)C(=C)C. The number of ether oxygens (including phenoxy) is 3. The van der Waals surface area contributed by atoms with Crippen LogP contribution in [0.1, 0.15) is 20.3 Å². The van der Waals surface area contributed by atoms with Gasteiger partial charge in [0.2, 0.25) is 0 Å². The molecule has 0 aromatic rings. The first kappa shape index (κ1) is 15.6. The van der Waals surface area contributed by atoms with Gasteiger partial charge >= 0.3 is 11.9 Å². The van der Waals surface area contributed by atoms with Gasteiger partial charge in [0.05, 0.1) is 13.2 Å². The van der Waals surface area contributed by atoms with Crippen LogP contribution in [-0.4, -0.2) is 25.2 Å². The summed E-state index contributed by atoms with van der Waals surface area (Å²) < 4.78 is 15.9. The van der Waals surface area contributed by atoms with Gasteiger partial charge in [0.1, 0.15) is 0 Å². The van der Waals surface area contributed by atoms with E-state index in [1.165, 1.54) is 0 Å². The van der Waals surface area contributed by atoms with Crippen molar-refractivity contribution < 1.29 is 19.0 Å². The van der Waals surface area contributed by atoms with Crippen molar-refractivity contribution in [3.63, 3.8) is 0 Å². The molecule has 0 radical (unpaired) electrons. The van der Waals surface area contributed by atoms with Gasteiger partial charge in [-0.25, -0.2) is 4.79 Å². The molecule has 0 aromatic heterocycles. The van der Waals surface area contributed by atoms with E-state index < -0.39 is 11.9 Å². The highest BCUT2D eigenvalue weighted by atomic mass is 16.9. The van der Waals surface area contributed by atoms with Gasteiger partial charge in [0.15, 0.2) is 0 Å². The second kappa shape index (κ2) is 7.81. The zero-order valence-corrected chi connectivity index (χ0v) is 10.5. The lowest BCUT2D eigenvalue weighted by molar-refractivity contribution is -0.355. The van der Waals surface area contributed by atoms with Crippen molar-refractivity contribution in [1.82, 2.24) is 0 Å². The van der Waals surface area contributed by atoms with Crippen LogP contribution in [0, 0.1) is 0 Å². The first-order valence-corrected chi connectivity index (χ1v) is 5.40. The summed E-state index contributed by atoms with van der Waals surface area (Å²) in [5.74, 6) is -1.96. The fraction of sp³-hybridized carbons (Fsp3) is 0.462. The molecule has 96 valence electrons. The number of carbonyl (C=O) groups excluding carboxylic acids is 1. The molecule has 0 bridgehead atoms. The number of carbonyl (C=O) groups is 1. The highest BCUT2D eigenvalue weighted by Gasteiger charge is 2.34. The van der Waals surface area contributed by atoms with Gasteiger partial charge in [-0.1, -0.05) is 25.7 Å². The van der Waals surface area contributed by atoms with Gasteiger partial charge in [-0.3, -0.25) is 0 Å². The maximum absolute atomic E-state index is 11.5. The lowest BCUT2D eigenvalue weighted by atomic mass is 10.3. The smallest absolute Gasteiger partial charge is 0.337 e. The lowest BCUT2D eigenvalue weighted by Crippen LogP contribution is -2.41. The quantitative estimate of drug-likeness (QED) is 0.269. The van der Waals surface area contributed by atoms with Gasteiger partial charge in [0, 0.05) is 12.0 Å². The number of rotatable bonds is 9. The zero-order chi connectivity index (χ0) is 13.3. The molecule has 0 saturated heterocycles. The normalized spacial score (nSPS) is 10.7. The average Bonchev–Trinajstić information content (AvgIpc) is 2.32. The molecule has 0 heterocycles. The Balaban J connectivity index is 4.75. The number of hydrogen-bond donors (Lipinski definition) is 0. The highest BCUT2D eigenvalue weighted by molar-refractivity contribution is 5.87. The number of esters is 1. The third kappa shape index (κ3) is 5.47. The molecule has 0 saturated carbocycles. The van der Waals surface area contributed by atoms with E-state index in [1.54, 1.807) is 26.0 Å². The van der Waals surface area contributed by atoms with Gasteiger partial charge in [0.25, 0.3) is 0 Å². The van der Waals surface area contributed by atoms with Crippen molar-refractivity contribution in [3.05, 3.63) is 37.5 Å². The summed E-state index contributed by atoms with van der Waals surface area (Å²) >= 11 is 0. The topological polar surface area (TPSA) is 44.8 Å². The Morgan fingerprint density at radius 3 is 2.00 bits per heavy atom. The summed E-state index contributed by atoms with van der Waals surface area (Å²) in [4.78, 5) is 11.5. The lowest BCUT2D eigenvalue weighted by Gasteiger charge is -2.31. The van der Waals surface area contributed by atoms with Crippen LogP contribution in [0.15, 0.2) is 37.5 Å². The molecule has 17 heavy (non-hydrogen) atoms. The first-order valence-electron chi connectivity index (χ1n) is 5.40. The van der Waals surface area contributed by atoms with Crippen LogP contribution in [0.2, 0.25) is 0 Å². The summed E-state index contributed by atoms with van der Waals surface area (Å²) in [5.41, 5.74) is 0.284. The van der Waals surface area contributed by atoms with Crippen LogP contribution in [0.25, 0.3) is 0 Å². The molecule has 0 aromatic carbocycles. The Morgan fingerprint density at radius 1 is 1.24 bits per heavy atom. The molecule has 0 aliphatic carbocycles. The van der Waals surface area contributed by atoms with Crippen LogP contribution in [0.3, 0.4) is 0 Å². The maximum atomic E-state index is 11.5. The summed E-state index contributed by atoms with van der Waals surface area (Å²) in [7, 11) is 0. The third-order valence-corrected chi connectivity index (χ3v) is 1.87. The van der Waals surface area contributed by atoms with E-state index in [0.29, 0.717) is 6.42 Å². The van der Waals surface area contributed by atoms with Gasteiger partial charge in [-0.15, -0.1) is 13.2 Å². The van der Waals surface area contributed by atoms with E-state index in [1.807, 2.05) is 0 Å². The predicted octanol–water partition coefficient (Wildman–Crippen LogP) is 2.57. The first-order chi connectivity index (χ1) is 8.01. The van der Waals surface area contributed by atoms with E-state index in [4.69, 9.17) is 14.2 Å². The maximum Gasteiger partial charge on any atom is 0.337 e. The zero-order valence-electron chi connectivity index (χ0n) is 10.5. The standard InChI is InChI=1S/C13H20O4/c1-6-9-15-13(8-3,16-10-7-2)17-12(14)11(4)5/h6-7H,1-2,4,8-10H2,3,5H3. The molecule has 0 spiro atoms. The Hall–Kier alpha value is -1.39. The largest absolute Gasteiger partial charge is 0.404 e. The molecule has 0 unspecified atom stereocenters. The van der Waals surface area contributed by atoms with Crippen molar-refractivity contribution in [1.29, 1.82) is 0 Å². The molecule has 0 fully saturated rings. The van der Waals surface area contributed by atoms with E-state index in [2.05, 4.69) is 19.7 Å². The summed E-state index contributed by atoms with van der Waals surface area (Å²) in [6, 6.07) is 0. The Morgan fingerprint density at radius 2 is 1.71 bits per heavy atom. The van der Waals surface area contributed by atoms with Crippen LogP contribution in [-0.2, 0) is 19.0 Å². The van der Waals surface area contributed by atoms with Crippen molar-refractivity contribution in [3.8, 4) is 0 Å². The van der Waals surface area contributed by atoms with Crippen LogP contribution in [0.4, 0.5) is 0 Å². The molecule has 4 nitrogen and oxygen atoms in total. The fourth-order valence-corrected chi connectivity index (χ4v) is 0.977. The molecule has 0 atom stereocenters. The summed E-state index contributed by atoms with van der Waals surface area (Å²) in [6.07, 6.45) is 3.46. The molecule has 0 aliphatic heterocycles. The van der Waals surface area contributed by atoms with E-state index in [0.717, 1.165) is 0 Å². The minimum absolute atomic E-state index is 0.217. The van der Waals surface area contributed by atoms with Gasteiger partial charge in [-0.2, -0.15) is 0 Å². The van der Waals surface area contributed by atoms with E-state index in [-0.39, 0.29) is 18.8 Å².